The zero-order valence-corrected chi connectivity index (χ0v) is 9.38. The molecule has 2 rings (SSSR count). The van der Waals surface area contributed by atoms with Crippen LogP contribution in [-0.4, -0.2) is 28.4 Å². The highest BCUT2D eigenvalue weighted by Crippen LogP contribution is 2.29. The molecule has 1 heterocycles. The van der Waals surface area contributed by atoms with Crippen LogP contribution in [-0.2, 0) is 15.9 Å². The quantitative estimate of drug-likeness (QED) is 0.815. The van der Waals surface area contributed by atoms with Crippen molar-refractivity contribution in [2.24, 2.45) is 0 Å². The maximum absolute atomic E-state index is 10.2. The summed E-state index contributed by atoms with van der Waals surface area (Å²) in [7, 11) is 0. The number of hydrogen-bond donors (Lipinski definition) is 2. The van der Waals surface area contributed by atoms with Crippen molar-refractivity contribution in [1.82, 2.24) is 0 Å². The first-order valence-electron chi connectivity index (χ1n) is 5.28. The Labute approximate surface area is 94.4 Å². The number of rotatable bonds is 3. The van der Waals surface area contributed by atoms with Gasteiger partial charge in [0.15, 0.2) is 12.6 Å². The van der Waals surface area contributed by atoms with Crippen molar-refractivity contribution in [2.75, 3.05) is 0 Å². The SMILES string of the molecule is CC1OC(C(C)(O)Cc2cccc(O)c2)O1. The predicted molar refractivity (Wildman–Crippen MR) is 57.9 cm³/mol. The molecule has 0 aromatic heterocycles. The van der Waals surface area contributed by atoms with Crippen LogP contribution in [0.15, 0.2) is 24.3 Å². The van der Waals surface area contributed by atoms with E-state index in [4.69, 9.17) is 9.47 Å². The van der Waals surface area contributed by atoms with Crippen molar-refractivity contribution in [3.8, 4) is 5.75 Å². The van der Waals surface area contributed by atoms with E-state index >= 15 is 0 Å². The second-order valence-electron chi connectivity index (χ2n) is 4.38. The first-order chi connectivity index (χ1) is 7.47. The van der Waals surface area contributed by atoms with Crippen LogP contribution in [0.4, 0.5) is 0 Å². The molecule has 0 saturated carbocycles. The number of hydrogen-bond acceptors (Lipinski definition) is 4. The number of aromatic hydroxyl groups is 1. The average Bonchev–Trinajstić information content (AvgIpc) is 2.12. The molecule has 1 unspecified atom stereocenters. The van der Waals surface area contributed by atoms with Crippen molar-refractivity contribution < 1.29 is 19.7 Å². The number of phenols is 1. The predicted octanol–water partition coefficient (Wildman–Crippen LogP) is 1.40. The highest BCUT2D eigenvalue weighted by Gasteiger charge is 2.42. The summed E-state index contributed by atoms with van der Waals surface area (Å²) in [6.07, 6.45) is -0.468. The van der Waals surface area contributed by atoms with Gasteiger partial charge in [0.05, 0.1) is 0 Å². The highest BCUT2D eigenvalue weighted by molar-refractivity contribution is 5.28. The van der Waals surface area contributed by atoms with Crippen molar-refractivity contribution in [3.63, 3.8) is 0 Å². The highest BCUT2D eigenvalue weighted by atomic mass is 16.9. The molecule has 0 spiro atoms. The van der Waals surface area contributed by atoms with E-state index in [0.29, 0.717) is 6.42 Å². The van der Waals surface area contributed by atoms with Crippen LogP contribution in [0.2, 0.25) is 0 Å². The van der Waals surface area contributed by atoms with Crippen molar-refractivity contribution in [1.29, 1.82) is 0 Å². The van der Waals surface area contributed by atoms with Gasteiger partial charge in [-0.05, 0) is 31.5 Å². The second kappa shape index (κ2) is 4.05. The van der Waals surface area contributed by atoms with Gasteiger partial charge in [0.25, 0.3) is 0 Å². The van der Waals surface area contributed by atoms with Gasteiger partial charge >= 0.3 is 0 Å². The van der Waals surface area contributed by atoms with E-state index in [9.17, 15) is 10.2 Å². The zero-order valence-electron chi connectivity index (χ0n) is 9.38. The molecule has 16 heavy (non-hydrogen) atoms. The van der Waals surface area contributed by atoms with Crippen LogP contribution in [0.1, 0.15) is 19.4 Å². The molecule has 1 atom stereocenters. The Hall–Kier alpha value is -1.10. The maximum Gasteiger partial charge on any atom is 0.192 e. The monoisotopic (exact) mass is 224 g/mol. The smallest absolute Gasteiger partial charge is 0.192 e. The van der Waals surface area contributed by atoms with Gasteiger partial charge in [-0.1, -0.05) is 12.1 Å². The Balaban J connectivity index is 2.03. The normalized spacial score (nSPS) is 28.2. The Morgan fingerprint density at radius 2 is 2.06 bits per heavy atom. The van der Waals surface area contributed by atoms with E-state index < -0.39 is 11.9 Å². The Morgan fingerprint density at radius 1 is 1.38 bits per heavy atom. The summed E-state index contributed by atoms with van der Waals surface area (Å²) in [4.78, 5) is 0. The Bertz CT molecular complexity index is 369. The van der Waals surface area contributed by atoms with Gasteiger partial charge in [-0.2, -0.15) is 0 Å². The van der Waals surface area contributed by atoms with Gasteiger partial charge in [0.2, 0.25) is 0 Å². The summed E-state index contributed by atoms with van der Waals surface area (Å²) in [6.45, 7) is 3.44. The van der Waals surface area contributed by atoms with Crippen molar-refractivity contribution in [2.45, 2.75) is 38.4 Å². The summed E-state index contributed by atoms with van der Waals surface area (Å²) in [5.41, 5.74) is -0.239. The molecule has 1 aliphatic heterocycles. The summed E-state index contributed by atoms with van der Waals surface area (Å²) in [6, 6.07) is 6.80. The molecule has 0 bridgehead atoms. The third-order valence-corrected chi connectivity index (χ3v) is 2.61. The maximum atomic E-state index is 10.2. The largest absolute Gasteiger partial charge is 0.508 e. The van der Waals surface area contributed by atoms with Crippen LogP contribution >= 0.6 is 0 Å². The van der Waals surface area contributed by atoms with Gasteiger partial charge in [-0.15, -0.1) is 0 Å². The summed E-state index contributed by atoms with van der Waals surface area (Å²) < 4.78 is 10.5. The minimum Gasteiger partial charge on any atom is -0.508 e. The molecule has 1 aromatic rings. The fraction of sp³-hybridized carbons (Fsp3) is 0.500. The van der Waals surface area contributed by atoms with Crippen LogP contribution in [0.5, 0.6) is 5.75 Å². The minimum atomic E-state index is -1.08. The minimum absolute atomic E-state index is 0.192. The topological polar surface area (TPSA) is 58.9 Å². The summed E-state index contributed by atoms with van der Waals surface area (Å²) in [5, 5.41) is 19.5. The third kappa shape index (κ3) is 2.35. The molecule has 1 saturated heterocycles. The van der Waals surface area contributed by atoms with E-state index in [2.05, 4.69) is 0 Å². The lowest BCUT2D eigenvalue weighted by atomic mass is 9.95. The molecule has 88 valence electrons. The second-order valence-corrected chi connectivity index (χ2v) is 4.38. The standard InChI is InChI=1S/C12H16O4/c1-8-15-11(16-8)12(2,14)7-9-4-3-5-10(13)6-9/h3-6,8,11,13-14H,7H2,1-2H3. The molecule has 0 radical (unpaired) electrons. The first kappa shape index (κ1) is 11.4. The molecule has 0 amide bonds. The van der Waals surface area contributed by atoms with Gasteiger partial charge in [-0.3, -0.25) is 0 Å². The number of phenolic OH excluding ortho intramolecular Hbond substituents is 1. The molecule has 0 aliphatic carbocycles. The Kier molecular flexibility index (Phi) is 2.88. The van der Waals surface area contributed by atoms with Gasteiger partial charge < -0.3 is 19.7 Å². The lowest BCUT2D eigenvalue weighted by Crippen LogP contribution is -2.54. The number of ether oxygens (including phenoxy) is 2. The van der Waals surface area contributed by atoms with Crippen LogP contribution in [0, 0.1) is 0 Å². The molecule has 1 fully saturated rings. The number of aliphatic hydroxyl groups is 1. The first-order valence-corrected chi connectivity index (χ1v) is 5.28. The van der Waals surface area contributed by atoms with Crippen LogP contribution in [0.3, 0.4) is 0 Å². The van der Waals surface area contributed by atoms with Crippen molar-refractivity contribution >= 4 is 0 Å². The lowest BCUT2D eigenvalue weighted by Gasteiger charge is -2.42. The van der Waals surface area contributed by atoms with E-state index in [-0.39, 0.29) is 12.0 Å². The molecule has 4 nitrogen and oxygen atoms in total. The van der Waals surface area contributed by atoms with Crippen LogP contribution in [0.25, 0.3) is 0 Å². The van der Waals surface area contributed by atoms with E-state index in [1.54, 1.807) is 32.0 Å². The summed E-state index contributed by atoms with van der Waals surface area (Å²) >= 11 is 0. The Morgan fingerprint density at radius 3 is 2.62 bits per heavy atom. The van der Waals surface area contributed by atoms with Crippen molar-refractivity contribution in [3.05, 3.63) is 29.8 Å². The van der Waals surface area contributed by atoms with Gasteiger partial charge in [0.1, 0.15) is 11.4 Å². The van der Waals surface area contributed by atoms with Gasteiger partial charge in [-0.25, -0.2) is 0 Å². The molecular formula is C12H16O4. The third-order valence-electron chi connectivity index (χ3n) is 2.61. The average molecular weight is 224 g/mol. The fourth-order valence-electron chi connectivity index (χ4n) is 1.81. The molecule has 2 N–H and O–H groups in total. The van der Waals surface area contributed by atoms with Gasteiger partial charge in [0, 0.05) is 6.42 Å². The fourth-order valence-corrected chi connectivity index (χ4v) is 1.81. The molecule has 1 aromatic carbocycles. The zero-order chi connectivity index (χ0) is 11.8. The number of benzene rings is 1. The molecular weight excluding hydrogens is 208 g/mol. The van der Waals surface area contributed by atoms with E-state index in [1.165, 1.54) is 0 Å². The lowest BCUT2D eigenvalue weighted by molar-refractivity contribution is -0.417. The molecule has 1 aliphatic rings. The van der Waals surface area contributed by atoms with E-state index in [0.717, 1.165) is 5.56 Å². The van der Waals surface area contributed by atoms with E-state index in [1.807, 2.05) is 6.07 Å². The molecule has 4 heteroatoms. The van der Waals surface area contributed by atoms with Crippen LogP contribution < -0.4 is 0 Å². The summed E-state index contributed by atoms with van der Waals surface area (Å²) in [5.74, 6) is 0.192.